The van der Waals surface area contributed by atoms with E-state index in [1.807, 2.05) is 6.07 Å². The second-order valence-electron chi connectivity index (χ2n) is 7.20. The Morgan fingerprint density at radius 3 is 2.42 bits per heavy atom. The van der Waals surface area contributed by atoms with Crippen molar-refractivity contribution in [1.29, 1.82) is 0 Å². The first-order chi connectivity index (χ1) is 14.9. The number of fused-ring (bicyclic) bond motifs is 1. The summed E-state index contributed by atoms with van der Waals surface area (Å²) in [6.45, 7) is 0.299. The van der Waals surface area contributed by atoms with Gasteiger partial charge in [-0.3, -0.25) is 4.79 Å². The molecule has 1 heterocycles. The van der Waals surface area contributed by atoms with Crippen molar-refractivity contribution in [2.24, 2.45) is 0 Å². The van der Waals surface area contributed by atoms with E-state index in [1.165, 1.54) is 55.5 Å². The van der Waals surface area contributed by atoms with Gasteiger partial charge in [-0.05, 0) is 60.0 Å². The number of benzene rings is 3. The predicted molar refractivity (Wildman–Crippen MR) is 114 cm³/mol. The van der Waals surface area contributed by atoms with Crippen LogP contribution >= 0.6 is 11.6 Å². The molecule has 1 aliphatic heterocycles. The van der Waals surface area contributed by atoms with Gasteiger partial charge in [-0.1, -0.05) is 23.7 Å². The number of nitrogens with zero attached hydrogens (tertiary/aromatic N) is 1. The lowest BCUT2D eigenvalue weighted by Crippen LogP contribution is -2.41. The minimum Gasteiger partial charge on any atom is -0.493 e. The standard InChI is InChI=1S/C24H20ClF2NO3/c1-30-20-12-14-9-10-28(24(29)15-5-3-6-16(26)11-15)23(17(14)13-21(20)31-2)22-18(25)7-4-8-19(22)27/h3-8,11-13,23H,9-10H2,1-2H3. The van der Waals surface area contributed by atoms with Gasteiger partial charge in [0.15, 0.2) is 11.5 Å². The maximum atomic E-state index is 15.0. The van der Waals surface area contributed by atoms with Crippen molar-refractivity contribution in [2.45, 2.75) is 12.5 Å². The lowest BCUT2D eigenvalue weighted by molar-refractivity contribution is 0.0691. The van der Waals surface area contributed by atoms with Crippen molar-refractivity contribution in [3.8, 4) is 11.5 Å². The normalized spacial score (nSPS) is 15.4. The Morgan fingerprint density at radius 2 is 1.74 bits per heavy atom. The van der Waals surface area contributed by atoms with Crippen LogP contribution in [0.2, 0.25) is 5.02 Å². The molecule has 0 bridgehead atoms. The second kappa shape index (κ2) is 8.55. The van der Waals surface area contributed by atoms with Crippen LogP contribution in [0.25, 0.3) is 0 Å². The molecule has 0 spiro atoms. The zero-order valence-corrected chi connectivity index (χ0v) is 17.7. The molecular weight excluding hydrogens is 424 g/mol. The van der Waals surface area contributed by atoms with Crippen LogP contribution in [-0.2, 0) is 6.42 Å². The lowest BCUT2D eigenvalue weighted by Gasteiger charge is -2.38. The molecule has 0 saturated heterocycles. The Kier molecular flexibility index (Phi) is 5.83. The minimum absolute atomic E-state index is 0.182. The molecule has 3 aromatic carbocycles. The monoisotopic (exact) mass is 443 g/mol. The quantitative estimate of drug-likeness (QED) is 0.540. The van der Waals surface area contributed by atoms with Crippen LogP contribution in [0.1, 0.15) is 33.1 Å². The van der Waals surface area contributed by atoms with E-state index in [9.17, 15) is 9.18 Å². The molecule has 7 heteroatoms. The van der Waals surface area contributed by atoms with Crippen LogP contribution in [0, 0.1) is 11.6 Å². The molecule has 0 aliphatic carbocycles. The van der Waals surface area contributed by atoms with Gasteiger partial charge in [-0.25, -0.2) is 8.78 Å². The molecule has 1 atom stereocenters. The smallest absolute Gasteiger partial charge is 0.254 e. The number of ether oxygens (including phenoxy) is 2. The van der Waals surface area contributed by atoms with Gasteiger partial charge in [-0.2, -0.15) is 0 Å². The minimum atomic E-state index is -0.812. The molecule has 31 heavy (non-hydrogen) atoms. The zero-order valence-electron chi connectivity index (χ0n) is 17.0. The Morgan fingerprint density at radius 1 is 1.03 bits per heavy atom. The molecule has 0 radical (unpaired) electrons. The summed E-state index contributed by atoms with van der Waals surface area (Å²) in [5.41, 5.74) is 1.94. The highest BCUT2D eigenvalue weighted by Crippen LogP contribution is 2.44. The van der Waals surface area contributed by atoms with Crippen LogP contribution in [0.15, 0.2) is 54.6 Å². The van der Waals surface area contributed by atoms with Crippen LogP contribution in [0.5, 0.6) is 11.5 Å². The van der Waals surface area contributed by atoms with Gasteiger partial charge < -0.3 is 14.4 Å². The molecule has 1 aliphatic rings. The van der Waals surface area contributed by atoms with Crippen LogP contribution in [0.4, 0.5) is 8.78 Å². The molecule has 1 unspecified atom stereocenters. The Balaban J connectivity index is 1.92. The number of carbonyl (C=O) groups excluding carboxylic acids is 1. The van der Waals surface area contributed by atoms with E-state index >= 15 is 4.39 Å². The molecule has 160 valence electrons. The van der Waals surface area contributed by atoms with Gasteiger partial charge >= 0.3 is 0 Å². The molecule has 4 nitrogen and oxygen atoms in total. The third kappa shape index (κ3) is 3.83. The van der Waals surface area contributed by atoms with Gasteiger partial charge in [0, 0.05) is 22.7 Å². The van der Waals surface area contributed by atoms with Gasteiger partial charge in [0.05, 0.1) is 20.3 Å². The fourth-order valence-corrected chi connectivity index (χ4v) is 4.30. The molecule has 3 aromatic rings. The predicted octanol–water partition coefficient (Wildman–Crippen LogP) is 5.42. The highest BCUT2D eigenvalue weighted by atomic mass is 35.5. The topological polar surface area (TPSA) is 38.8 Å². The fourth-order valence-electron chi connectivity index (χ4n) is 4.04. The van der Waals surface area contributed by atoms with Crippen LogP contribution in [0.3, 0.4) is 0 Å². The van der Waals surface area contributed by atoms with Gasteiger partial charge in [0.2, 0.25) is 0 Å². The van der Waals surface area contributed by atoms with Crippen LogP contribution < -0.4 is 9.47 Å². The van der Waals surface area contributed by atoms with E-state index in [0.29, 0.717) is 30.0 Å². The summed E-state index contributed by atoms with van der Waals surface area (Å²) in [6.07, 6.45) is 0.513. The zero-order chi connectivity index (χ0) is 22.1. The highest BCUT2D eigenvalue weighted by molar-refractivity contribution is 6.31. The van der Waals surface area contributed by atoms with E-state index in [0.717, 1.165) is 5.56 Å². The Hall–Kier alpha value is -3.12. The van der Waals surface area contributed by atoms with Crippen LogP contribution in [-0.4, -0.2) is 31.6 Å². The summed E-state index contributed by atoms with van der Waals surface area (Å²) < 4.78 is 39.6. The summed E-state index contributed by atoms with van der Waals surface area (Å²) >= 11 is 6.41. The van der Waals surface area contributed by atoms with E-state index in [-0.39, 0.29) is 16.1 Å². The first-order valence-electron chi connectivity index (χ1n) is 9.69. The number of carbonyl (C=O) groups is 1. The summed E-state index contributed by atoms with van der Waals surface area (Å²) in [4.78, 5) is 14.9. The summed E-state index contributed by atoms with van der Waals surface area (Å²) in [5.74, 6) is -0.458. The van der Waals surface area contributed by atoms with Gasteiger partial charge in [0.25, 0.3) is 5.91 Å². The van der Waals surface area contributed by atoms with E-state index < -0.39 is 23.6 Å². The van der Waals surface area contributed by atoms with Crippen molar-refractivity contribution < 1.29 is 23.0 Å². The summed E-state index contributed by atoms with van der Waals surface area (Å²) in [5, 5.41) is 0.199. The van der Waals surface area contributed by atoms with Crippen molar-refractivity contribution in [2.75, 3.05) is 20.8 Å². The molecule has 0 aromatic heterocycles. The van der Waals surface area contributed by atoms with E-state index in [2.05, 4.69) is 0 Å². The van der Waals surface area contributed by atoms with Gasteiger partial charge in [-0.15, -0.1) is 0 Å². The number of rotatable bonds is 4. The third-order valence-electron chi connectivity index (χ3n) is 5.48. The third-order valence-corrected chi connectivity index (χ3v) is 5.81. The first-order valence-corrected chi connectivity index (χ1v) is 10.1. The number of halogens is 3. The molecular formula is C24H20ClF2NO3. The molecule has 1 amide bonds. The first kappa shape index (κ1) is 21.1. The molecule has 4 rings (SSSR count). The highest BCUT2D eigenvalue weighted by Gasteiger charge is 2.36. The average molecular weight is 444 g/mol. The van der Waals surface area contributed by atoms with Crippen molar-refractivity contribution in [3.63, 3.8) is 0 Å². The fraction of sp³-hybridized carbons (Fsp3) is 0.208. The summed E-state index contributed by atoms with van der Waals surface area (Å²) in [7, 11) is 3.05. The lowest BCUT2D eigenvalue weighted by atomic mass is 9.87. The second-order valence-corrected chi connectivity index (χ2v) is 7.61. The molecule has 0 fully saturated rings. The largest absolute Gasteiger partial charge is 0.493 e. The number of hydrogen-bond acceptors (Lipinski definition) is 3. The summed E-state index contributed by atoms with van der Waals surface area (Å²) in [6, 6.07) is 12.6. The van der Waals surface area contributed by atoms with E-state index in [4.69, 9.17) is 21.1 Å². The SMILES string of the molecule is COc1cc2c(cc1OC)C(c1c(F)cccc1Cl)N(C(=O)c1cccc(F)c1)CC2. The van der Waals surface area contributed by atoms with Gasteiger partial charge in [0.1, 0.15) is 11.6 Å². The molecule has 0 saturated carbocycles. The van der Waals surface area contributed by atoms with Crippen molar-refractivity contribution in [3.05, 3.63) is 93.5 Å². The number of amides is 1. The van der Waals surface area contributed by atoms with Crippen molar-refractivity contribution >= 4 is 17.5 Å². The average Bonchev–Trinajstić information content (AvgIpc) is 2.77. The van der Waals surface area contributed by atoms with Crippen molar-refractivity contribution in [1.82, 2.24) is 4.90 Å². The maximum Gasteiger partial charge on any atom is 0.254 e. The number of methoxy groups -OCH3 is 2. The molecule has 0 N–H and O–H groups in total. The Bertz CT molecular complexity index is 1130. The number of hydrogen-bond donors (Lipinski definition) is 0. The Labute approximate surface area is 184 Å². The van der Waals surface area contributed by atoms with E-state index in [1.54, 1.807) is 12.1 Å². The maximum absolute atomic E-state index is 15.0.